The number of hydrogen-bond donors (Lipinski definition) is 1. The van der Waals surface area contributed by atoms with Crippen molar-refractivity contribution >= 4 is 35.4 Å². The molecule has 9 nitrogen and oxygen atoms in total. The van der Waals surface area contributed by atoms with E-state index in [0.29, 0.717) is 47.1 Å². The summed E-state index contributed by atoms with van der Waals surface area (Å²) in [6.45, 7) is 3.75. The van der Waals surface area contributed by atoms with Gasteiger partial charge in [0.1, 0.15) is 24.4 Å². The number of carbonyl (C=O) groups is 2. The monoisotopic (exact) mass is 474 g/mol. The SMILES string of the molecule is CCOC(=O)C=c1sc(=Cc2ccc3c(c2)OCCO3)c(=O)n1CC(=O)NCC1CCCO1. The third kappa shape index (κ3) is 5.82. The lowest BCUT2D eigenvalue weighted by molar-refractivity contribution is -0.135. The molecule has 1 aromatic carbocycles. The molecule has 1 aromatic heterocycles. The Morgan fingerprint density at radius 2 is 2.06 bits per heavy atom. The largest absolute Gasteiger partial charge is 0.486 e. The van der Waals surface area contributed by atoms with Gasteiger partial charge >= 0.3 is 5.97 Å². The lowest BCUT2D eigenvalue weighted by atomic mass is 10.2. The molecule has 3 heterocycles. The average molecular weight is 475 g/mol. The highest BCUT2D eigenvalue weighted by Gasteiger charge is 2.17. The quantitative estimate of drug-likeness (QED) is 0.570. The summed E-state index contributed by atoms with van der Waals surface area (Å²) in [4.78, 5) is 37.7. The van der Waals surface area contributed by atoms with Crippen LogP contribution in [-0.4, -0.2) is 55.5 Å². The van der Waals surface area contributed by atoms with Gasteiger partial charge in [0.2, 0.25) is 5.91 Å². The van der Waals surface area contributed by atoms with E-state index in [1.165, 1.54) is 10.6 Å². The van der Waals surface area contributed by atoms with E-state index in [0.717, 1.165) is 29.7 Å². The molecule has 2 aliphatic heterocycles. The molecule has 0 bridgehead atoms. The number of amides is 1. The van der Waals surface area contributed by atoms with Crippen LogP contribution in [0.5, 0.6) is 11.5 Å². The highest BCUT2D eigenvalue weighted by molar-refractivity contribution is 7.07. The summed E-state index contributed by atoms with van der Waals surface area (Å²) in [6.07, 6.45) is 4.81. The van der Waals surface area contributed by atoms with E-state index >= 15 is 0 Å². The van der Waals surface area contributed by atoms with Crippen molar-refractivity contribution in [1.29, 1.82) is 0 Å². The smallest absolute Gasteiger partial charge is 0.333 e. The minimum absolute atomic E-state index is 0.00202. The van der Waals surface area contributed by atoms with Gasteiger partial charge in [0, 0.05) is 13.2 Å². The lowest BCUT2D eigenvalue weighted by Crippen LogP contribution is -2.40. The number of carbonyl (C=O) groups excluding carboxylic acids is 2. The Labute approximate surface area is 194 Å². The van der Waals surface area contributed by atoms with Gasteiger partial charge in [-0.25, -0.2) is 4.79 Å². The molecule has 33 heavy (non-hydrogen) atoms. The summed E-state index contributed by atoms with van der Waals surface area (Å²) in [5.41, 5.74) is 0.382. The van der Waals surface area contributed by atoms with Crippen LogP contribution >= 0.6 is 11.3 Å². The van der Waals surface area contributed by atoms with Gasteiger partial charge in [0.15, 0.2) is 11.5 Å². The molecule has 1 fully saturated rings. The number of nitrogens with zero attached hydrogens (tertiary/aromatic N) is 1. The predicted molar refractivity (Wildman–Crippen MR) is 122 cm³/mol. The molecule has 10 heteroatoms. The summed E-state index contributed by atoms with van der Waals surface area (Å²) in [5.74, 6) is 0.368. The Morgan fingerprint density at radius 1 is 1.24 bits per heavy atom. The van der Waals surface area contributed by atoms with Gasteiger partial charge in [-0.05, 0) is 43.5 Å². The first-order valence-electron chi connectivity index (χ1n) is 10.9. The van der Waals surface area contributed by atoms with Crippen LogP contribution in [0.15, 0.2) is 23.0 Å². The Bertz CT molecular complexity index is 1190. The molecule has 0 saturated carbocycles. The van der Waals surface area contributed by atoms with Crippen LogP contribution in [0.25, 0.3) is 12.2 Å². The number of rotatable bonds is 7. The number of aromatic nitrogens is 1. The zero-order chi connectivity index (χ0) is 23.2. The van der Waals surface area contributed by atoms with Crippen molar-refractivity contribution in [3.63, 3.8) is 0 Å². The molecule has 1 unspecified atom stereocenters. The highest BCUT2D eigenvalue weighted by atomic mass is 32.1. The molecule has 0 spiro atoms. The van der Waals surface area contributed by atoms with Gasteiger partial charge in [-0.3, -0.25) is 14.2 Å². The number of hydrogen-bond acceptors (Lipinski definition) is 8. The maximum Gasteiger partial charge on any atom is 0.333 e. The third-order valence-corrected chi connectivity index (χ3v) is 6.24. The van der Waals surface area contributed by atoms with Crippen molar-refractivity contribution in [2.75, 3.05) is 33.0 Å². The van der Waals surface area contributed by atoms with Crippen LogP contribution in [0.1, 0.15) is 25.3 Å². The second-order valence-electron chi connectivity index (χ2n) is 7.58. The van der Waals surface area contributed by atoms with Gasteiger partial charge < -0.3 is 24.3 Å². The highest BCUT2D eigenvalue weighted by Crippen LogP contribution is 2.30. The zero-order valence-electron chi connectivity index (χ0n) is 18.3. The van der Waals surface area contributed by atoms with Crippen LogP contribution < -0.4 is 29.5 Å². The van der Waals surface area contributed by atoms with Crippen LogP contribution in [0.4, 0.5) is 0 Å². The standard InChI is InChI=1S/C23H26N2O7S/c1-2-29-22(27)12-21-25(14-20(26)24-13-16-4-3-7-30-16)23(28)19(33-21)11-15-5-6-17-18(10-15)32-9-8-31-17/h5-6,10-12,16H,2-4,7-9,13-14H2,1H3,(H,24,26). The molecule has 0 radical (unpaired) electrons. The number of nitrogens with one attached hydrogen (secondary N) is 1. The first kappa shape index (κ1) is 23.1. The van der Waals surface area contributed by atoms with Crippen LogP contribution in [0.3, 0.4) is 0 Å². The predicted octanol–water partition coefficient (Wildman–Crippen LogP) is 0.149. The summed E-state index contributed by atoms with van der Waals surface area (Å²) in [5, 5.41) is 2.81. The summed E-state index contributed by atoms with van der Waals surface area (Å²) >= 11 is 1.12. The normalized spacial score (nSPS) is 18.4. The molecule has 1 N–H and O–H groups in total. The summed E-state index contributed by atoms with van der Waals surface area (Å²) < 4.78 is 23.7. The van der Waals surface area contributed by atoms with Crippen LogP contribution in [0, 0.1) is 0 Å². The van der Waals surface area contributed by atoms with Crippen molar-refractivity contribution in [1.82, 2.24) is 9.88 Å². The van der Waals surface area contributed by atoms with E-state index in [-0.39, 0.29) is 30.7 Å². The van der Waals surface area contributed by atoms with Crippen molar-refractivity contribution in [3.8, 4) is 11.5 Å². The second-order valence-corrected chi connectivity index (χ2v) is 8.64. The van der Waals surface area contributed by atoms with Gasteiger partial charge in [0.25, 0.3) is 5.56 Å². The van der Waals surface area contributed by atoms with Crippen molar-refractivity contribution < 1.29 is 28.5 Å². The van der Waals surface area contributed by atoms with Gasteiger partial charge in [0.05, 0.1) is 23.3 Å². The van der Waals surface area contributed by atoms with E-state index in [2.05, 4.69) is 5.32 Å². The van der Waals surface area contributed by atoms with Gasteiger partial charge in [-0.2, -0.15) is 0 Å². The number of fused-ring (bicyclic) bond motifs is 1. The molecular weight excluding hydrogens is 448 g/mol. The molecule has 2 aromatic rings. The number of esters is 1. The molecular formula is C23H26N2O7S. The number of thiazole rings is 1. The molecule has 176 valence electrons. The van der Waals surface area contributed by atoms with Crippen molar-refractivity contribution in [2.45, 2.75) is 32.4 Å². The minimum atomic E-state index is -0.571. The Morgan fingerprint density at radius 3 is 2.82 bits per heavy atom. The molecule has 1 saturated heterocycles. The zero-order valence-corrected chi connectivity index (χ0v) is 19.2. The van der Waals surface area contributed by atoms with Crippen molar-refractivity contribution in [2.24, 2.45) is 0 Å². The lowest BCUT2D eigenvalue weighted by Gasteiger charge is -2.18. The van der Waals surface area contributed by atoms with Gasteiger partial charge in [-0.1, -0.05) is 6.07 Å². The molecule has 0 aliphatic carbocycles. The Balaban J connectivity index is 1.63. The van der Waals surface area contributed by atoms with Crippen molar-refractivity contribution in [3.05, 3.63) is 43.3 Å². The number of benzene rings is 1. The maximum absolute atomic E-state index is 13.1. The maximum atomic E-state index is 13.1. The number of ether oxygens (including phenoxy) is 4. The fourth-order valence-corrected chi connectivity index (χ4v) is 4.64. The van der Waals surface area contributed by atoms with E-state index < -0.39 is 5.97 Å². The van der Waals surface area contributed by atoms with E-state index in [1.54, 1.807) is 25.1 Å². The summed E-state index contributed by atoms with van der Waals surface area (Å²) in [6, 6.07) is 5.40. The minimum Gasteiger partial charge on any atom is -0.486 e. The van der Waals surface area contributed by atoms with Crippen LogP contribution in [0.2, 0.25) is 0 Å². The Kier molecular flexibility index (Phi) is 7.46. The molecule has 1 amide bonds. The van der Waals surface area contributed by atoms with Gasteiger partial charge in [-0.15, -0.1) is 11.3 Å². The van der Waals surface area contributed by atoms with E-state index in [1.807, 2.05) is 6.07 Å². The van der Waals surface area contributed by atoms with E-state index in [9.17, 15) is 14.4 Å². The molecule has 4 rings (SSSR count). The Hall–Kier alpha value is -3.11. The summed E-state index contributed by atoms with van der Waals surface area (Å²) in [7, 11) is 0. The first-order valence-corrected chi connectivity index (χ1v) is 11.7. The van der Waals surface area contributed by atoms with Crippen LogP contribution in [-0.2, 0) is 25.6 Å². The fraction of sp³-hybridized carbons (Fsp3) is 0.435. The second kappa shape index (κ2) is 10.7. The molecule has 1 atom stereocenters. The fourth-order valence-electron chi connectivity index (χ4n) is 3.61. The third-order valence-electron chi connectivity index (χ3n) is 5.18. The first-order chi connectivity index (χ1) is 16.0. The average Bonchev–Trinajstić information content (AvgIpc) is 3.42. The topological polar surface area (TPSA) is 105 Å². The molecule has 2 aliphatic rings. The van der Waals surface area contributed by atoms with E-state index in [4.69, 9.17) is 18.9 Å².